The van der Waals surface area contributed by atoms with E-state index >= 15 is 0 Å². The highest BCUT2D eigenvalue weighted by Crippen LogP contribution is 2.25. The SMILES string of the molecule is c1csc(-c2nccn2[C@@H]2CCCNC2)n1. The molecule has 4 nitrogen and oxygen atoms in total. The van der Waals surface area contributed by atoms with Crippen LogP contribution in [0.4, 0.5) is 0 Å². The first kappa shape index (κ1) is 9.99. The van der Waals surface area contributed by atoms with Crippen molar-refractivity contribution in [1.82, 2.24) is 19.9 Å². The van der Waals surface area contributed by atoms with Crippen molar-refractivity contribution in [3.63, 3.8) is 0 Å². The van der Waals surface area contributed by atoms with Crippen molar-refractivity contribution in [3.05, 3.63) is 24.0 Å². The van der Waals surface area contributed by atoms with Gasteiger partial charge in [0.2, 0.25) is 0 Å². The van der Waals surface area contributed by atoms with E-state index < -0.39 is 0 Å². The summed E-state index contributed by atoms with van der Waals surface area (Å²) in [5.41, 5.74) is 0. The molecule has 3 rings (SSSR count). The number of thiazole rings is 1. The van der Waals surface area contributed by atoms with Gasteiger partial charge in [-0.25, -0.2) is 9.97 Å². The zero-order chi connectivity index (χ0) is 10.8. The van der Waals surface area contributed by atoms with E-state index in [-0.39, 0.29) is 0 Å². The summed E-state index contributed by atoms with van der Waals surface area (Å²) in [4.78, 5) is 8.75. The molecule has 0 unspecified atom stereocenters. The first-order chi connectivity index (χ1) is 7.95. The minimum Gasteiger partial charge on any atom is -0.325 e. The molecular weight excluding hydrogens is 220 g/mol. The lowest BCUT2D eigenvalue weighted by atomic mass is 10.1. The summed E-state index contributed by atoms with van der Waals surface area (Å²) in [5, 5.41) is 6.43. The predicted molar refractivity (Wildman–Crippen MR) is 64.5 cm³/mol. The smallest absolute Gasteiger partial charge is 0.169 e. The van der Waals surface area contributed by atoms with Crippen molar-refractivity contribution in [1.29, 1.82) is 0 Å². The summed E-state index contributed by atoms with van der Waals surface area (Å²) in [6.07, 6.45) is 8.22. The van der Waals surface area contributed by atoms with Crippen molar-refractivity contribution < 1.29 is 0 Å². The van der Waals surface area contributed by atoms with Crippen LogP contribution in [0.25, 0.3) is 10.8 Å². The average molecular weight is 234 g/mol. The van der Waals surface area contributed by atoms with E-state index in [9.17, 15) is 0 Å². The van der Waals surface area contributed by atoms with Crippen LogP contribution in [-0.4, -0.2) is 27.6 Å². The molecule has 1 saturated heterocycles. The third-order valence-corrected chi connectivity index (χ3v) is 3.73. The lowest BCUT2D eigenvalue weighted by Gasteiger charge is -2.25. The maximum absolute atomic E-state index is 4.42. The number of rotatable bonds is 2. The van der Waals surface area contributed by atoms with E-state index in [1.807, 2.05) is 17.8 Å². The van der Waals surface area contributed by atoms with Gasteiger partial charge in [-0.05, 0) is 19.4 Å². The third-order valence-electron chi connectivity index (χ3n) is 2.96. The number of nitrogens with one attached hydrogen (secondary N) is 1. The van der Waals surface area contributed by atoms with E-state index in [1.165, 1.54) is 12.8 Å². The fourth-order valence-corrected chi connectivity index (χ4v) is 2.81. The van der Waals surface area contributed by atoms with Crippen LogP contribution in [0.2, 0.25) is 0 Å². The maximum atomic E-state index is 4.42. The molecular formula is C11H14N4S. The minimum absolute atomic E-state index is 0.523. The molecule has 1 atom stereocenters. The standard InChI is InChI=1S/C11H14N4S/c1-2-9(8-12-3-1)15-6-4-13-10(15)11-14-5-7-16-11/h4-7,9,12H,1-3,8H2/t9-/m1/s1. The fraction of sp³-hybridized carbons (Fsp3) is 0.455. The second-order valence-corrected chi connectivity index (χ2v) is 4.89. The molecule has 0 radical (unpaired) electrons. The Bertz CT molecular complexity index is 442. The Labute approximate surface area is 98.4 Å². The summed E-state index contributed by atoms with van der Waals surface area (Å²) < 4.78 is 2.25. The molecule has 0 aromatic carbocycles. The Kier molecular flexibility index (Phi) is 2.71. The van der Waals surface area contributed by atoms with Crippen molar-refractivity contribution >= 4 is 11.3 Å². The number of piperidine rings is 1. The Hall–Kier alpha value is -1.20. The molecule has 0 bridgehead atoms. The zero-order valence-corrected chi connectivity index (χ0v) is 9.78. The van der Waals surface area contributed by atoms with Crippen molar-refractivity contribution in [3.8, 4) is 10.8 Å². The van der Waals surface area contributed by atoms with Gasteiger partial charge < -0.3 is 9.88 Å². The van der Waals surface area contributed by atoms with E-state index in [0.29, 0.717) is 6.04 Å². The predicted octanol–water partition coefficient (Wildman–Crippen LogP) is 1.93. The molecule has 0 saturated carbocycles. The molecule has 84 valence electrons. The number of imidazole rings is 1. The van der Waals surface area contributed by atoms with Gasteiger partial charge in [0.1, 0.15) is 0 Å². The van der Waals surface area contributed by atoms with Gasteiger partial charge >= 0.3 is 0 Å². The first-order valence-corrected chi connectivity index (χ1v) is 6.46. The number of nitrogens with zero attached hydrogens (tertiary/aromatic N) is 3. The molecule has 2 aromatic rings. The van der Waals surface area contributed by atoms with E-state index in [2.05, 4.69) is 26.0 Å². The Balaban J connectivity index is 1.92. The maximum Gasteiger partial charge on any atom is 0.169 e. The quantitative estimate of drug-likeness (QED) is 0.863. The van der Waals surface area contributed by atoms with Gasteiger partial charge in [0.25, 0.3) is 0 Å². The summed E-state index contributed by atoms with van der Waals surface area (Å²) in [6, 6.07) is 0.523. The molecule has 0 aliphatic carbocycles. The molecule has 0 amide bonds. The Morgan fingerprint density at radius 3 is 3.12 bits per heavy atom. The van der Waals surface area contributed by atoms with Crippen molar-refractivity contribution in [2.24, 2.45) is 0 Å². The van der Waals surface area contributed by atoms with Crippen molar-refractivity contribution in [2.45, 2.75) is 18.9 Å². The molecule has 5 heteroatoms. The van der Waals surface area contributed by atoms with Gasteiger partial charge in [-0.2, -0.15) is 0 Å². The van der Waals surface area contributed by atoms with Crippen LogP contribution in [0.15, 0.2) is 24.0 Å². The molecule has 1 N–H and O–H groups in total. The lowest BCUT2D eigenvalue weighted by Crippen LogP contribution is -2.31. The monoisotopic (exact) mass is 234 g/mol. The summed E-state index contributed by atoms with van der Waals surface area (Å²) in [5.74, 6) is 1.00. The lowest BCUT2D eigenvalue weighted by molar-refractivity contribution is 0.374. The molecule has 16 heavy (non-hydrogen) atoms. The number of hydrogen-bond donors (Lipinski definition) is 1. The van der Waals surface area contributed by atoms with Crippen LogP contribution >= 0.6 is 11.3 Å². The minimum atomic E-state index is 0.523. The van der Waals surface area contributed by atoms with Crippen LogP contribution in [0.5, 0.6) is 0 Å². The van der Waals surface area contributed by atoms with E-state index in [4.69, 9.17) is 0 Å². The third kappa shape index (κ3) is 1.76. The molecule has 1 aliphatic rings. The zero-order valence-electron chi connectivity index (χ0n) is 8.97. The van der Waals surface area contributed by atoms with Crippen LogP contribution in [-0.2, 0) is 0 Å². The fourth-order valence-electron chi connectivity index (χ4n) is 2.18. The summed E-state index contributed by atoms with van der Waals surface area (Å²) in [6.45, 7) is 2.17. The van der Waals surface area contributed by atoms with E-state index in [1.54, 1.807) is 11.3 Å². The summed E-state index contributed by atoms with van der Waals surface area (Å²) >= 11 is 1.64. The Morgan fingerprint density at radius 2 is 2.38 bits per heavy atom. The number of aromatic nitrogens is 3. The highest BCUT2D eigenvalue weighted by atomic mass is 32.1. The molecule has 0 spiro atoms. The number of hydrogen-bond acceptors (Lipinski definition) is 4. The van der Waals surface area contributed by atoms with Crippen LogP contribution < -0.4 is 5.32 Å². The van der Waals surface area contributed by atoms with Crippen LogP contribution in [0.3, 0.4) is 0 Å². The van der Waals surface area contributed by atoms with Gasteiger partial charge in [-0.3, -0.25) is 0 Å². The highest BCUT2D eigenvalue weighted by Gasteiger charge is 2.18. The van der Waals surface area contributed by atoms with Gasteiger partial charge in [0, 0.05) is 36.6 Å². The van der Waals surface area contributed by atoms with Gasteiger partial charge in [-0.15, -0.1) is 11.3 Å². The van der Waals surface area contributed by atoms with Crippen LogP contribution in [0.1, 0.15) is 18.9 Å². The second-order valence-electron chi connectivity index (χ2n) is 4.00. The van der Waals surface area contributed by atoms with E-state index in [0.717, 1.165) is 23.9 Å². The molecule has 1 aliphatic heterocycles. The normalized spacial score (nSPS) is 21.1. The average Bonchev–Trinajstić information content (AvgIpc) is 3.01. The second kappa shape index (κ2) is 4.35. The Morgan fingerprint density at radius 1 is 1.38 bits per heavy atom. The topological polar surface area (TPSA) is 42.7 Å². The molecule has 2 aromatic heterocycles. The molecule has 1 fully saturated rings. The van der Waals surface area contributed by atoms with Crippen LogP contribution in [0, 0.1) is 0 Å². The van der Waals surface area contributed by atoms with Crippen molar-refractivity contribution in [2.75, 3.05) is 13.1 Å². The molecule has 3 heterocycles. The summed E-state index contributed by atoms with van der Waals surface area (Å²) in [7, 11) is 0. The van der Waals surface area contributed by atoms with Gasteiger partial charge in [0.05, 0.1) is 0 Å². The van der Waals surface area contributed by atoms with Gasteiger partial charge in [-0.1, -0.05) is 0 Å². The highest BCUT2D eigenvalue weighted by molar-refractivity contribution is 7.13. The first-order valence-electron chi connectivity index (χ1n) is 5.58. The van der Waals surface area contributed by atoms with Gasteiger partial charge in [0.15, 0.2) is 10.8 Å². The largest absolute Gasteiger partial charge is 0.325 e.